The van der Waals surface area contributed by atoms with E-state index in [1.165, 1.54) is 58.2 Å². The molecular formula is C14H28N2. The molecule has 2 fully saturated rings. The van der Waals surface area contributed by atoms with Crippen molar-refractivity contribution in [2.75, 3.05) is 19.6 Å². The van der Waals surface area contributed by atoms with Crippen LogP contribution in [0, 0.1) is 5.92 Å². The van der Waals surface area contributed by atoms with Crippen LogP contribution in [0.1, 0.15) is 52.4 Å². The standard InChI is InChI=1S/C14H28N2/c1-3-8-15-13-5-6-14(10-13)16-9-7-12(4-2)11-16/h12-15H,3-11H2,1-2H3. The van der Waals surface area contributed by atoms with E-state index in [9.17, 15) is 0 Å². The Balaban J connectivity index is 1.72. The van der Waals surface area contributed by atoms with Crippen molar-refractivity contribution in [3.63, 3.8) is 0 Å². The summed E-state index contributed by atoms with van der Waals surface area (Å²) in [5.74, 6) is 0.989. The average Bonchev–Trinajstić information content (AvgIpc) is 2.94. The maximum Gasteiger partial charge on any atom is 0.0111 e. The molecule has 2 heteroatoms. The van der Waals surface area contributed by atoms with E-state index in [-0.39, 0.29) is 0 Å². The smallest absolute Gasteiger partial charge is 0.0111 e. The fourth-order valence-electron chi connectivity index (χ4n) is 3.35. The second kappa shape index (κ2) is 6.02. The molecule has 0 aromatic rings. The summed E-state index contributed by atoms with van der Waals surface area (Å²) in [6, 6.07) is 1.71. The fourth-order valence-corrected chi connectivity index (χ4v) is 3.35. The highest BCUT2D eigenvalue weighted by molar-refractivity contribution is 4.89. The molecule has 1 saturated heterocycles. The Morgan fingerprint density at radius 2 is 2.06 bits per heavy atom. The first-order chi connectivity index (χ1) is 7.83. The Morgan fingerprint density at radius 1 is 1.19 bits per heavy atom. The van der Waals surface area contributed by atoms with Crippen LogP contribution in [0.25, 0.3) is 0 Å². The molecule has 0 aromatic carbocycles. The molecule has 2 nitrogen and oxygen atoms in total. The molecule has 0 spiro atoms. The van der Waals surface area contributed by atoms with Gasteiger partial charge >= 0.3 is 0 Å². The molecular weight excluding hydrogens is 196 g/mol. The van der Waals surface area contributed by atoms with E-state index in [1.54, 1.807) is 0 Å². The van der Waals surface area contributed by atoms with Gasteiger partial charge in [-0.2, -0.15) is 0 Å². The van der Waals surface area contributed by atoms with Crippen molar-refractivity contribution in [2.24, 2.45) is 5.92 Å². The molecule has 94 valence electrons. The van der Waals surface area contributed by atoms with Crippen molar-refractivity contribution in [2.45, 2.75) is 64.5 Å². The Bertz CT molecular complexity index is 205. The minimum Gasteiger partial charge on any atom is -0.314 e. The van der Waals surface area contributed by atoms with Gasteiger partial charge in [0.1, 0.15) is 0 Å². The van der Waals surface area contributed by atoms with Gasteiger partial charge in [-0.3, -0.25) is 0 Å². The van der Waals surface area contributed by atoms with E-state index in [2.05, 4.69) is 24.1 Å². The van der Waals surface area contributed by atoms with E-state index in [4.69, 9.17) is 0 Å². The minimum atomic E-state index is 0.811. The molecule has 2 aliphatic rings. The predicted molar refractivity (Wildman–Crippen MR) is 69.7 cm³/mol. The van der Waals surface area contributed by atoms with Gasteiger partial charge in [0.2, 0.25) is 0 Å². The number of hydrogen-bond donors (Lipinski definition) is 1. The lowest BCUT2D eigenvalue weighted by atomic mass is 10.1. The van der Waals surface area contributed by atoms with Gasteiger partial charge in [0, 0.05) is 18.6 Å². The van der Waals surface area contributed by atoms with E-state index in [0.29, 0.717) is 0 Å². The second-order valence-electron chi connectivity index (χ2n) is 5.68. The van der Waals surface area contributed by atoms with Crippen LogP contribution >= 0.6 is 0 Å². The Labute approximate surface area is 101 Å². The summed E-state index contributed by atoms with van der Waals surface area (Å²) in [5.41, 5.74) is 0. The highest BCUT2D eigenvalue weighted by Gasteiger charge is 2.32. The van der Waals surface area contributed by atoms with E-state index in [0.717, 1.165) is 18.0 Å². The van der Waals surface area contributed by atoms with Gasteiger partial charge in [0.15, 0.2) is 0 Å². The van der Waals surface area contributed by atoms with Gasteiger partial charge in [-0.1, -0.05) is 20.3 Å². The molecule has 0 amide bonds. The third-order valence-electron chi connectivity index (χ3n) is 4.50. The maximum atomic E-state index is 3.68. The number of hydrogen-bond acceptors (Lipinski definition) is 2. The largest absolute Gasteiger partial charge is 0.314 e. The van der Waals surface area contributed by atoms with E-state index in [1.807, 2.05) is 0 Å². The zero-order chi connectivity index (χ0) is 11.4. The zero-order valence-electron chi connectivity index (χ0n) is 11.0. The summed E-state index contributed by atoms with van der Waals surface area (Å²) >= 11 is 0. The highest BCUT2D eigenvalue weighted by atomic mass is 15.2. The first kappa shape index (κ1) is 12.4. The van der Waals surface area contributed by atoms with Gasteiger partial charge in [0.05, 0.1) is 0 Å². The van der Waals surface area contributed by atoms with Crippen LogP contribution in [0.3, 0.4) is 0 Å². The quantitative estimate of drug-likeness (QED) is 0.772. The normalized spacial score (nSPS) is 36.0. The molecule has 2 rings (SSSR count). The first-order valence-electron chi connectivity index (χ1n) is 7.30. The van der Waals surface area contributed by atoms with E-state index >= 15 is 0 Å². The summed E-state index contributed by atoms with van der Waals surface area (Å²) in [6.45, 7) is 8.54. The molecule has 1 aliphatic carbocycles. The van der Waals surface area contributed by atoms with Gasteiger partial charge in [-0.05, 0) is 51.1 Å². The Morgan fingerprint density at radius 3 is 2.75 bits per heavy atom. The lowest BCUT2D eigenvalue weighted by Crippen LogP contribution is -2.34. The van der Waals surface area contributed by atoms with Crippen molar-refractivity contribution in [1.29, 1.82) is 0 Å². The Hall–Kier alpha value is -0.0800. The molecule has 0 radical (unpaired) electrons. The van der Waals surface area contributed by atoms with Crippen molar-refractivity contribution in [3.05, 3.63) is 0 Å². The van der Waals surface area contributed by atoms with Crippen LogP contribution < -0.4 is 5.32 Å². The molecule has 3 unspecified atom stereocenters. The van der Waals surface area contributed by atoms with Crippen LogP contribution in [-0.2, 0) is 0 Å². The molecule has 0 bridgehead atoms. The molecule has 0 aromatic heterocycles. The second-order valence-corrected chi connectivity index (χ2v) is 5.68. The van der Waals surface area contributed by atoms with Crippen molar-refractivity contribution in [3.8, 4) is 0 Å². The monoisotopic (exact) mass is 224 g/mol. The van der Waals surface area contributed by atoms with Crippen LogP contribution in [0.2, 0.25) is 0 Å². The van der Waals surface area contributed by atoms with E-state index < -0.39 is 0 Å². The summed E-state index contributed by atoms with van der Waals surface area (Å²) in [5, 5.41) is 3.68. The first-order valence-corrected chi connectivity index (χ1v) is 7.30. The van der Waals surface area contributed by atoms with Crippen LogP contribution in [0.5, 0.6) is 0 Å². The number of nitrogens with one attached hydrogen (secondary N) is 1. The summed E-state index contributed by atoms with van der Waals surface area (Å²) in [4.78, 5) is 2.77. The lowest BCUT2D eigenvalue weighted by Gasteiger charge is -2.24. The Kier molecular flexibility index (Phi) is 4.66. The van der Waals surface area contributed by atoms with Gasteiger partial charge < -0.3 is 10.2 Å². The number of likely N-dealkylation sites (tertiary alicyclic amines) is 1. The molecule has 1 saturated carbocycles. The highest BCUT2D eigenvalue weighted by Crippen LogP contribution is 2.29. The molecule has 1 heterocycles. The number of rotatable bonds is 5. The topological polar surface area (TPSA) is 15.3 Å². The van der Waals surface area contributed by atoms with Crippen molar-refractivity contribution >= 4 is 0 Å². The zero-order valence-corrected chi connectivity index (χ0v) is 11.0. The predicted octanol–water partition coefficient (Wildman–Crippen LogP) is 2.64. The van der Waals surface area contributed by atoms with Crippen molar-refractivity contribution in [1.82, 2.24) is 10.2 Å². The maximum absolute atomic E-state index is 3.68. The minimum absolute atomic E-state index is 0.811. The van der Waals surface area contributed by atoms with Crippen molar-refractivity contribution < 1.29 is 0 Å². The molecule has 16 heavy (non-hydrogen) atoms. The average molecular weight is 224 g/mol. The summed E-state index contributed by atoms with van der Waals surface area (Å²) in [7, 11) is 0. The molecule has 1 N–H and O–H groups in total. The van der Waals surface area contributed by atoms with Gasteiger partial charge in [-0.25, -0.2) is 0 Å². The van der Waals surface area contributed by atoms with Gasteiger partial charge in [0.25, 0.3) is 0 Å². The molecule has 1 aliphatic heterocycles. The SMILES string of the molecule is CCCNC1CCC(N2CCC(CC)C2)C1. The summed E-state index contributed by atoms with van der Waals surface area (Å²) in [6.07, 6.45) is 8.32. The fraction of sp³-hybridized carbons (Fsp3) is 1.00. The van der Waals surface area contributed by atoms with Crippen LogP contribution in [0.4, 0.5) is 0 Å². The number of nitrogens with zero attached hydrogens (tertiary/aromatic N) is 1. The molecule has 3 atom stereocenters. The lowest BCUT2D eigenvalue weighted by molar-refractivity contribution is 0.233. The third-order valence-corrected chi connectivity index (χ3v) is 4.50. The van der Waals surface area contributed by atoms with Crippen LogP contribution in [0.15, 0.2) is 0 Å². The summed E-state index contributed by atoms with van der Waals surface area (Å²) < 4.78 is 0. The van der Waals surface area contributed by atoms with Gasteiger partial charge in [-0.15, -0.1) is 0 Å². The third kappa shape index (κ3) is 2.98. The van der Waals surface area contributed by atoms with Crippen LogP contribution in [-0.4, -0.2) is 36.6 Å².